The number of piperidine rings is 2. The van der Waals surface area contributed by atoms with E-state index in [0.29, 0.717) is 51.6 Å². The Morgan fingerprint density at radius 1 is 0.559 bits per heavy atom. The van der Waals surface area contributed by atoms with E-state index in [0.717, 1.165) is 75.3 Å². The third-order valence-corrected chi connectivity index (χ3v) is 14.8. The van der Waals surface area contributed by atoms with E-state index in [2.05, 4.69) is 76.3 Å². The molecule has 0 radical (unpaired) electrons. The van der Waals surface area contributed by atoms with Crippen LogP contribution in [0, 0.1) is 21.7 Å². The molecule has 374 valence electrons. The van der Waals surface area contributed by atoms with Gasteiger partial charge in [0.15, 0.2) is 0 Å². The molecular weight excluding hydrogens is 853 g/mol. The molecule has 2 amide bonds. The van der Waals surface area contributed by atoms with Gasteiger partial charge in [0.2, 0.25) is 11.6 Å². The molecule has 0 bridgehead atoms. The summed E-state index contributed by atoms with van der Waals surface area (Å²) >= 11 is 0. The fraction of sp³-hybridized carbons (Fsp3) is 0.621. The van der Waals surface area contributed by atoms with Crippen LogP contribution in [-0.2, 0) is 51.1 Å². The van der Waals surface area contributed by atoms with Gasteiger partial charge < -0.3 is 19.3 Å². The predicted molar refractivity (Wildman–Crippen MR) is 270 cm³/mol. The Morgan fingerprint density at radius 3 is 1.25 bits per heavy atom. The first-order valence-corrected chi connectivity index (χ1v) is 25.7. The van der Waals surface area contributed by atoms with E-state index in [1.54, 1.807) is 27.7 Å². The lowest BCUT2D eigenvalue weighted by Crippen LogP contribution is -2.54. The van der Waals surface area contributed by atoms with Crippen LogP contribution in [0.1, 0.15) is 170 Å². The zero-order valence-electron chi connectivity index (χ0n) is 43.3. The number of nitrogens with zero attached hydrogens (tertiary/aromatic N) is 2. The van der Waals surface area contributed by atoms with Gasteiger partial charge in [0.1, 0.15) is 24.3 Å². The molecule has 0 aromatic heterocycles. The van der Waals surface area contributed by atoms with Gasteiger partial charge in [-0.3, -0.25) is 19.2 Å². The molecule has 4 atom stereocenters. The maximum absolute atomic E-state index is 14.0. The van der Waals surface area contributed by atoms with Crippen LogP contribution in [0.4, 0.5) is 0 Å². The van der Waals surface area contributed by atoms with Crippen LogP contribution in [-0.4, -0.2) is 82.5 Å². The molecule has 0 spiro atoms. The Hall–Kier alpha value is -4.86. The number of benzene rings is 2. The first-order chi connectivity index (χ1) is 32.1. The fourth-order valence-electron chi connectivity index (χ4n) is 9.00. The lowest BCUT2D eigenvalue weighted by atomic mass is 9.82. The third kappa shape index (κ3) is 15.8. The van der Waals surface area contributed by atoms with E-state index in [4.69, 9.17) is 9.47 Å². The van der Waals surface area contributed by atoms with Gasteiger partial charge in [-0.05, 0) is 114 Å². The van der Waals surface area contributed by atoms with Crippen LogP contribution in [0.5, 0.6) is 0 Å². The van der Waals surface area contributed by atoms with E-state index in [1.807, 2.05) is 50.2 Å². The summed E-state index contributed by atoms with van der Waals surface area (Å²) in [5.41, 5.74) is -0.317. The summed E-state index contributed by atoms with van der Waals surface area (Å²) in [4.78, 5) is 84.5. The number of allylic oxidation sites excluding steroid dienone is 2. The van der Waals surface area contributed by atoms with E-state index < -0.39 is 81.3 Å². The number of unbranched alkanes of at least 4 members (excludes halogenated alkanes) is 3. The normalized spacial score (nSPS) is 18.3. The molecule has 10 heteroatoms. The number of carbonyl (C=O) groups is 6. The van der Waals surface area contributed by atoms with Crippen molar-refractivity contribution in [2.45, 2.75) is 196 Å². The molecule has 4 unspecified atom stereocenters. The number of aryl methyl sites for hydroxylation is 2. The van der Waals surface area contributed by atoms with Crippen molar-refractivity contribution < 1.29 is 38.2 Å². The van der Waals surface area contributed by atoms with Crippen molar-refractivity contribution in [3.05, 3.63) is 96.1 Å². The van der Waals surface area contributed by atoms with Crippen molar-refractivity contribution in [3.63, 3.8) is 0 Å². The monoisotopic (exact) mass is 937 g/mol. The molecule has 2 fully saturated rings. The molecular formula is C58H84N2O8. The zero-order valence-corrected chi connectivity index (χ0v) is 43.3. The Morgan fingerprint density at radius 2 is 0.912 bits per heavy atom. The number of ether oxygens (including phenoxy) is 2. The molecule has 2 aliphatic rings. The van der Waals surface area contributed by atoms with Crippen LogP contribution in [0.15, 0.2) is 85.0 Å². The molecule has 68 heavy (non-hydrogen) atoms. The number of carbonyl (C=O) groups excluding carboxylic acids is 6. The number of ketones is 2. The topological polar surface area (TPSA) is 127 Å². The lowest BCUT2D eigenvalue weighted by Gasteiger charge is -2.38. The average molecular weight is 937 g/mol. The number of esters is 2. The highest BCUT2D eigenvalue weighted by Crippen LogP contribution is 2.34. The quantitative estimate of drug-likeness (QED) is 0.0417. The highest BCUT2D eigenvalue weighted by molar-refractivity contribution is 6.38. The van der Waals surface area contributed by atoms with Crippen LogP contribution < -0.4 is 0 Å². The third-order valence-electron chi connectivity index (χ3n) is 14.8. The Kier molecular flexibility index (Phi) is 21.0. The van der Waals surface area contributed by atoms with Gasteiger partial charge in [0.05, 0.1) is 0 Å². The smallest absolute Gasteiger partial charge is 0.329 e. The van der Waals surface area contributed by atoms with Gasteiger partial charge in [0, 0.05) is 34.7 Å². The first-order valence-electron chi connectivity index (χ1n) is 25.7. The number of Topliss-reactive ketones (excluding diaryl/α,β-unsaturated/α-hetero) is 2. The summed E-state index contributed by atoms with van der Waals surface area (Å²) in [5, 5.41) is 0. The van der Waals surface area contributed by atoms with Crippen LogP contribution >= 0.6 is 0 Å². The standard InChI is InChI=1S/C58H84N2O8/c1-11-55(3,4)49(61)51(63)59-41-27-23-33-45(59)53(65)67-47(37-35-43-29-19-17-20-30-43)57(7,8)39-25-15-13-14-16-26-40-58(9,10)48(38-36-44-31-21-18-22-32-44)68-54(66)46-34-24-28-42-60(46)52(64)50(62)56(5,6)12-2/h17-22,25-26,29-32,39-40,45-48H,11-16,23-24,27-28,33-38,41-42H2,1-10H3. The minimum atomic E-state index is -0.804. The average Bonchev–Trinajstić information content (AvgIpc) is 3.34. The van der Waals surface area contributed by atoms with Gasteiger partial charge in [-0.2, -0.15) is 0 Å². The predicted octanol–water partition coefficient (Wildman–Crippen LogP) is 11.6. The maximum atomic E-state index is 14.0. The number of rotatable bonds is 25. The van der Waals surface area contributed by atoms with Crippen molar-refractivity contribution in [1.29, 1.82) is 0 Å². The first kappa shape index (κ1) is 55.7. The second-order valence-corrected chi connectivity index (χ2v) is 21.8. The van der Waals surface area contributed by atoms with E-state index in [-0.39, 0.29) is 0 Å². The summed E-state index contributed by atoms with van der Waals surface area (Å²) < 4.78 is 12.8. The summed E-state index contributed by atoms with van der Waals surface area (Å²) in [5.74, 6) is -3.00. The van der Waals surface area contributed by atoms with Gasteiger partial charge in [-0.1, -0.05) is 154 Å². The van der Waals surface area contributed by atoms with Gasteiger partial charge in [0.25, 0.3) is 11.8 Å². The maximum Gasteiger partial charge on any atom is 0.329 e. The molecule has 0 saturated carbocycles. The summed E-state index contributed by atoms with van der Waals surface area (Å²) in [6.45, 7) is 20.0. The second-order valence-electron chi connectivity index (χ2n) is 21.8. The highest BCUT2D eigenvalue weighted by Gasteiger charge is 2.44. The van der Waals surface area contributed by atoms with Crippen LogP contribution in [0.2, 0.25) is 0 Å². The largest absolute Gasteiger partial charge is 0.460 e. The van der Waals surface area contributed by atoms with E-state index >= 15 is 0 Å². The van der Waals surface area contributed by atoms with Crippen molar-refractivity contribution in [3.8, 4) is 0 Å². The Balaban J connectivity index is 1.40. The van der Waals surface area contributed by atoms with E-state index in [1.165, 1.54) is 9.80 Å². The van der Waals surface area contributed by atoms with Crippen molar-refractivity contribution in [2.75, 3.05) is 13.1 Å². The molecule has 0 aliphatic carbocycles. The van der Waals surface area contributed by atoms with Gasteiger partial charge >= 0.3 is 11.9 Å². The fourth-order valence-corrected chi connectivity index (χ4v) is 9.00. The minimum Gasteiger partial charge on any atom is -0.460 e. The summed E-state index contributed by atoms with van der Waals surface area (Å²) in [6, 6.07) is 18.7. The zero-order chi connectivity index (χ0) is 50.1. The van der Waals surface area contributed by atoms with Crippen molar-refractivity contribution in [2.24, 2.45) is 21.7 Å². The number of hydrogen-bond acceptors (Lipinski definition) is 8. The van der Waals surface area contributed by atoms with E-state index in [9.17, 15) is 28.8 Å². The molecule has 4 rings (SSSR count). The highest BCUT2D eigenvalue weighted by atomic mass is 16.6. The number of likely N-dealkylation sites (tertiary alicyclic amines) is 2. The number of amides is 2. The molecule has 10 nitrogen and oxygen atoms in total. The Bertz CT molecular complexity index is 1890. The molecule has 2 heterocycles. The van der Waals surface area contributed by atoms with Gasteiger partial charge in [-0.25, -0.2) is 9.59 Å². The van der Waals surface area contributed by atoms with Gasteiger partial charge in [-0.15, -0.1) is 0 Å². The molecule has 2 aliphatic heterocycles. The van der Waals surface area contributed by atoms with Crippen LogP contribution in [0.25, 0.3) is 0 Å². The number of hydrogen-bond donors (Lipinski definition) is 0. The SMILES string of the molecule is CCC(C)(C)C(=O)C(=O)N1CCCCC1C(=O)OC(CCc1ccccc1)C(C)(C)C=CCCCCC=CC(C)(C)C(CCc1ccccc1)OC(=O)C1CCCCN1C(=O)C(=O)C(C)(C)CC. The molecule has 2 aromatic carbocycles. The Labute approximate surface area is 409 Å². The van der Waals surface area contributed by atoms with Crippen molar-refractivity contribution in [1.82, 2.24) is 9.80 Å². The minimum absolute atomic E-state index is 0.363. The molecule has 0 N–H and O–H groups in total. The summed E-state index contributed by atoms with van der Waals surface area (Å²) in [7, 11) is 0. The summed E-state index contributed by atoms with van der Waals surface area (Å²) in [6.07, 6.45) is 19.0. The molecule has 2 aromatic rings. The lowest BCUT2D eigenvalue weighted by molar-refractivity contribution is -0.167. The van der Waals surface area contributed by atoms with Crippen LogP contribution in [0.3, 0.4) is 0 Å². The van der Waals surface area contributed by atoms with Crippen molar-refractivity contribution >= 4 is 35.3 Å². The molecule has 2 saturated heterocycles. The second kappa shape index (κ2) is 25.7.